The zero-order chi connectivity index (χ0) is 19.6. The number of aromatic nitrogens is 1. The molecule has 0 aliphatic carbocycles. The van der Waals surface area contributed by atoms with E-state index in [4.69, 9.17) is 16.1 Å². The minimum Gasteiger partial charge on any atom is -0.534 e. The first-order valence-electron chi connectivity index (χ1n) is 8.33. The number of amides is 1. The average molecular weight is 370 g/mol. The van der Waals surface area contributed by atoms with E-state index in [-0.39, 0.29) is 36.4 Å². The summed E-state index contributed by atoms with van der Waals surface area (Å²) in [5, 5.41) is 22.1. The fourth-order valence-corrected chi connectivity index (χ4v) is 2.99. The van der Waals surface area contributed by atoms with E-state index in [1.165, 1.54) is 12.3 Å². The van der Waals surface area contributed by atoms with Gasteiger partial charge in [0.2, 0.25) is 0 Å². The normalized spacial score (nSPS) is 15.7. The molecule has 1 aromatic carbocycles. The Morgan fingerprint density at radius 1 is 1.33 bits per heavy atom. The molecular weight excluding hydrogens is 351 g/mol. The first kappa shape index (κ1) is 18.8. The summed E-state index contributed by atoms with van der Waals surface area (Å²) in [6.07, 6.45) is 1.62. The number of hydrogen-bond donors (Lipinski definition) is 5. The number of pyridine rings is 1. The maximum atomic E-state index is 12.5. The summed E-state index contributed by atoms with van der Waals surface area (Å²) in [6.45, 7) is 0.410. The quantitative estimate of drug-likeness (QED) is 0.438. The Labute approximate surface area is 155 Å². The zero-order valence-electron chi connectivity index (χ0n) is 14.4. The van der Waals surface area contributed by atoms with E-state index >= 15 is 0 Å². The van der Waals surface area contributed by atoms with Gasteiger partial charge in [0.25, 0.3) is 5.91 Å². The summed E-state index contributed by atoms with van der Waals surface area (Å²) in [5.41, 5.74) is 13.4. The highest BCUT2D eigenvalue weighted by atomic mass is 16.5. The van der Waals surface area contributed by atoms with E-state index in [2.05, 4.69) is 10.3 Å². The second kappa shape index (κ2) is 7.74. The number of nitrogens with one attached hydrogen (secondary N) is 1. The highest BCUT2D eigenvalue weighted by Gasteiger charge is 2.37. The van der Waals surface area contributed by atoms with Crippen LogP contribution in [0.5, 0.6) is 5.75 Å². The topological polar surface area (TPSA) is 161 Å². The van der Waals surface area contributed by atoms with Gasteiger partial charge in [0.15, 0.2) is 0 Å². The van der Waals surface area contributed by atoms with E-state index in [1.54, 1.807) is 18.2 Å². The van der Waals surface area contributed by atoms with E-state index in [1.807, 2.05) is 0 Å². The predicted molar refractivity (Wildman–Crippen MR) is 97.0 cm³/mol. The van der Waals surface area contributed by atoms with Gasteiger partial charge in [-0.1, -0.05) is 12.1 Å². The molecule has 27 heavy (non-hydrogen) atoms. The molecular formula is C17H19BN4O5. The van der Waals surface area contributed by atoms with Crippen LogP contribution in [0.4, 0.5) is 0 Å². The van der Waals surface area contributed by atoms with Crippen LogP contribution in [-0.2, 0) is 19.5 Å². The number of fused-ring (bicyclic) bond motifs is 1. The Kier molecular flexibility index (Phi) is 5.40. The molecule has 2 heterocycles. The molecule has 1 amide bonds. The SMILES string of the molecule is NCc1cc(C(=O)NC2Cc3cccc(C(=O)O)c3OB2O)cnc1CN. The molecule has 10 heteroatoms. The Hall–Kier alpha value is -2.95. The number of carbonyl (C=O) groups excluding carboxylic acids is 1. The van der Waals surface area contributed by atoms with Gasteiger partial charge >= 0.3 is 13.1 Å². The van der Waals surface area contributed by atoms with Crippen molar-refractivity contribution in [2.75, 3.05) is 0 Å². The zero-order valence-corrected chi connectivity index (χ0v) is 14.4. The lowest BCUT2D eigenvalue weighted by Gasteiger charge is -2.28. The standard InChI is InChI=1S/C17H19BN4O5/c19-6-10-4-11(8-21-13(10)7-20)16(23)22-14-5-9-2-1-3-12(17(24)25)15(9)27-18(14)26/h1-4,8,14,26H,5-7,19-20H2,(H,22,23)(H,24,25). The van der Waals surface area contributed by atoms with Crippen molar-refractivity contribution < 1.29 is 24.4 Å². The number of aromatic carboxylic acids is 1. The molecule has 140 valence electrons. The van der Waals surface area contributed by atoms with Crippen molar-refractivity contribution >= 4 is 19.0 Å². The Morgan fingerprint density at radius 3 is 2.78 bits per heavy atom. The molecule has 9 nitrogen and oxygen atoms in total. The van der Waals surface area contributed by atoms with Crippen LogP contribution >= 0.6 is 0 Å². The lowest BCUT2D eigenvalue weighted by molar-refractivity contribution is 0.0693. The molecule has 3 rings (SSSR count). The molecule has 1 aliphatic rings. The van der Waals surface area contributed by atoms with Crippen molar-refractivity contribution in [1.82, 2.24) is 10.3 Å². The summed E-state index contributed by atoms with van der Waals surface area (Å²) < 4.78 is 5.36. The van der Waals surface area contributed by atoms with Crippen LogP contribution in [0.15, 0.2) is 30.5 Å². The second-order valence-corrected chi connectivity index (χ2v) is 6.13. The van der Waals surface area contributed by atoms with Crippen LogP contribution < -0.4 is 21.4 Å². The van der Waals surface area contributed by atoms with Crippen LogP contribution in [0.1, 0.15) is 37.5 Å². The summed E-state index contributed by atoms with van der Waals surface area (Å²) in [7, 11) is -1.38. The monoisotopic (exact) mass is 370 g/mol. The van der Waals surface area contributed by atoms with Gasteiger partial charge in [-0.3, -0.25) is 9.78 Å². The largest absolute Gasteiger partial charge is 0.547 e. The average Bonchev–Trinajstić information content (AvgIpc) is 2.67. The fraction of sp³-hybridized carbons (Fsp3) is 0.235. The van der Waals surface area contributed by atoms with Crippen molar-refractivity contribution in [2.45, 2.75) is 25.5 Å². The van der Waals surface area contributed by atoms with E-state index in [0.29, 0.717) is 16.8 Å². The molecule has 1 aliphatic heterocycles. The van der Waals surface area contributed by atoms with Gasteiger partial charge in [-0.05, 0) is 29.7 Å². The second-order valence-electron chi connectivity index (χ2n) is 6.13. The molecule has 1 unspecified atom stereocenters. The molecule has 1 aromatic heterocycles. The molecule has 0 saturated heterocycles. The van der Waals surface area contributed by atoms with Gasteiger partial charge in [-0.2, -0.15) is 0 Å². The van der Waals surface area contributed by atoms with Crippen LogP contribution in [0, 0.1) is 0 Å². The van der Waals surface area contributed by atoms with Gasteiger partial charge < -0.3 is 31.6 Å². The first-order valence-corrected chi connectivity index (χ1v) is 8.33. The minimum atomic E-state index is -1.38. The Morgan fingerprint density at radius 2 is 2.11 bits per heavy atom. The number of nitrogens with two attached hydrogens (primary N) is 2. The van der Waals surface area contributed by atoms with Crippen LogP contribution in [0.25, 0.3) is 0 Å². The van der Waals surface area contributed by atoms with Crippen molar-refractivity contribution in [3.8, 4) is 5.75 Å². The summed E-state index contributed by atoms with van der Waals surface area (Å²) in [6, 6.07) is 6.28. The number of carboxylic acids is 1. The third-order valence-electron chi connectivity index (χ3n) is 4.40. The van der Waals surface area contributed by atoms with Gasteiger partial charge in [-0.25, -0.2) is 4.79 Å². The molecule has 1 atom stereocenters. The number of benzene rings is 1. The molecule has 0 radical (unpaired) electrons. The van der Waals surface area contributed by atoms with Gasteiger partial charge in [0.05, 0.1) is 22.8 Å². The highest BCUT2D eigenvalue weighted by Crippen LogP contribution is 2.30. The van der Waals surface area contributed by atoms with E-state index in [9.17, 15) is 19.7 Å². The number of nitrogens with zero attached hydrogens (tertiary/aromatic N) is 1. The van der Waals surface area contributed by atoms with Gasteiger partial charge in [0, 0.05) is 19.3 Å². The van der Waals surface area contributed by atoms with Crippen molar-refractivity contribution in [1.29, 1.82) is 0 Å². The van der Waals surface area contributed by atoms with Gasteiger partial charge in [0.1, 0.15) is 5.75 Å². The first-order chi connectivity index (χ1) is 12.9. The molecule has 0 bridgehead atoms. The molecule has 0 saturated carbocycles. The number of rotatable bonds is 5. The maximum absolute atomic E-state index is 12.5. The number of hydrogen-bond acceptors (Lipinski definition) is 7. The van der Waals surface area contributed by atoms with E-state index < -0.39 is 24.9 Å². The molecule has 2 aromatic rings. The summed E-state index contributed by atoms with van der Waals surface area (Å²) in [4.78, 5) is 28.0. The smallest absolute Gasteiger partial charge is 0.534 e. The fourth-order valence-electron chi connectivity index (χ4n) is 2.99. The van der Waals surface area contributed by atoms with Crippen molar-refractivity contribution in [3.05, 3.63) is 58.4 Å². The molecule has 0 spiro atoms. The number of carboxylic acid groups (broad SMARTS) is 1. The van der Waals surface area contributed by atoms with Crippen LogP contribution in [0.3, 0.4) is 0 Å². The highest BCUT2D eigenvalue weighted by molar-refractivity contribution is 6.47. The summed E-state index contributed by atoms with van der Waals surface area (Å²) in [5.74, 6) is -2.24. The van der Waals surface area contributed by atoms with Crippen LogP contribution in [-0.4, -0.2) is 40.1 Å². The minimum absolute atomic E-state index is 0.0366. The predicted octanol–water partition coefficient (Wildman–Crippen LogP) is -0.550. The number of carbonyl (C=O) groups is 2. The lowest BCUT2D eigenvalue weighted by atomic mass is 9.72. The Balaban J connectivity index is 1.79. The van der Waals surface area contributed by atoms with Crippen LogP contribution in [0.2, 0.25) is 0 Å². The van der Waals surface area contributed by atoms with Gasteiger partial charge in [-0.15, -0.1) is 0 Å². The third-order valence-corrected chi connectivity index (χ3v) is 4.40. The summed E-state index contributed by atoms with van der Waals surface area (Å²) >= 11 is 0. The third kappa shape index (κ3) is 3.77. The Bertz CT molecular complexity index is 892. The molecule has 0 fully saturated rings. The van der Waals surface area contributed by atoms with Crippen molar-refractivity contribution in [3.63, 3.8) is 0 Å². The number of para-hydroxylation sites is 1. The maximum Gasteiger partial charge on any atom is 0.547 e. The van der Waals surface area contributed by atoms with Crippen molar-refractivity contribution in [2.24, 2.45) is 11.5 Å². The van der Waals surface area contributed by atoms with E-state index in [0.717, 1.165) is 0 Å². The lowest BCUT2D eigenvalue weighted by Crippen LogP contribution is -2.53. The molecule has 7 N–H and O–H groups in total.